The van der Waals surface area contributed by atoms with Crippen LogP contribution in [0, 0.1) is 6.92 Å². The Bertz CT molecular complexity index is 1460. The van der Waals surface area contributed by atoms with Crippen LogP contribution >= 0.6 is 0 Å². The van der Waals surface area contributed by atoms with Crippen molar-refractivity contribution in [3.05, 3.63) is 64.8 Å². The monoisotopic (exact) mass is 555 g/mol. The topological polar surface area (TPSA) is 103 Å². The summed E-state index contributed by atoms with van der Waals surface area (Å²) in [4.78, 5) is 39.5. The predicted octanol–water partition coefficient (Wildman–Crippen LogP) is 4.51. The van der Waals surface area contributed by atoms with Gasteiger partial charge < -0.3 is 20.3 Å². The Hall–Kier alpha value is -4.39. The number of halogens is 3. The second kappa shape index (κ2) is 10.6. The van der Waals surface area contributed by atoms with Crippen LogP contribution in [0.25, 0.3) is 0 Å². The van der Waals surface area contributed by atoms with Crippen LogP contribution in [-0.4, -0.2) is 62.3 Å². The number of anilines is 5. The minimum absolute atomic E-state index is 0.0174. The van der Waals surface area contributed by atoms with E-state index >= 15 is 0 Å². The molecule has 13 heteroatoms. The number of rotatable bonds is 5. The number of nitrogens with zero attached hydrogens (tertiary/aromatic N) is 5. The van der Waals surface area contributed by atoms with Crippen molar-refractivity contribution >= 4 is 40.8 Å². The molecule has 2 aliphatic heterocycles. The molecule has 1 aromatic heterocycles. The van der Waals surface area contributed by atoms with E-state index in [2.05, 4.69) is 20.6 Å². The summed E-state index contributed by atoms with van der Waals surface area (Å²) in [5, 5.41) is 5.53. The number of aromatic nitrogens is 2. The highest BCUT2D eigenvalue weighted by Gasteiger charge is 2.36. The molecule has 2 aromatic carbocycles. The molecule has 0 radical (unpaired) electrons. The fourth-order valence-electron chi connectivity index (χ4n) is 4.78. The highest BCUT2D eigenvalue weighted by molar-refractivity contribution is 6.07. The molecule has 2 aliphatic rings. The molecule has 1 fully saturated rings. The number of ether oxygens (including phenoxy) is 1. The molecule has 40 heavy (non-hydrogen) atoms. The average Bonchev–Trinajstić information content (AvgIpc) is 2.95. The lowest BCUT2D eigenvalue weighted by Crippen LogP contribution is -2.46. The molecule has 0 spiro atoms. The number of aryl methyl sites for hydroxylation is 1. The quantitative estimate of drug-likeness (QED) is 0.478. The van der Waals surface area contributed by atoms with Crippen LogP contribution in [0.2, 0.25) is 0 Å². The third-order valence-electron chi connectivity index (χ3n) is 6.90. The zero-order valence-corrected chi connectivity index (χ0v) is 22.2. The number of carbonyl (C=O) groups excluding carboxylic acids is 2. The summed E-state index contributed by atoms with van der Waals surface area (Å²) >= 11 is 0. The predicted molar refractivity (Wildman–Crippen MR) is 145 cm³/mol. The summed E-state index contributed by atoms with van der Waals surface area (Å²) in [5.41, 5.74) is 1.38. The van der Waals surface area contributed by atoms with Crippen LogP contribution in [0.5, 0.6) is 0 Å². The molecule has 3 heterocycles. The van der Waals surface area contributed by atoms with Gasteiger partial charge in [-0.25, -0.2) is 9.78 Å². The van der Waals surface area contributed by atoms with Crippen molar-refractivity contribution in [3.8, 4) is 0 Å². The van der Waals surface area contributed by atoms with Crippen molar-refractivity contribution in [2.24, 2.45) is 0 Å². The molecule has 0 bridgehead atoms. The van der Waals surface area contributed by atoms with Gasteiger partial charge in [0, 0.05) is 55.9 Å². The number of morpholine rings is 1. The smallest absolute Gasteiger partial charge is 0.378 e. The van der Waals surface area contributed by atoms with Gasteiger partial charge in [-0.2, -0.15) is 18.2 Å². The second-order valence-electron chi connectivity index (χ2n) is 9.50. The first-order valence-corrected chi connectivity index (χ1v) is 12.6. The Morgan fingerprint density at radius 3 is 2.52 bits per heavy atom. The van der Waals surface area contributed by atoms with Crippen LogP contribution < -0.4 is 25.3 Å². The first kappa shape index (κ1) is 27.2. The lowest BCUT2D eigenvalue weighted by Gasteiger charge is -2.35. The molecule has 210 valence electrons. The number of fused-ring (bicyclic) bond motifs is 1. The molecular weight excluding hydrogens is 527 g/mol. The Labute approximate surface area is 228 Å². The Kier molecular flexibility index (Phi) is 7.23. The van der Waals surface area contributed by atoms with Crippen LogP contribution in [0.4, 0.5) is 46.8 Å². The lowest BCUT2D eigenvalue weighted by atomic mass is 10.1. The molecule has 10 nitrogen and oxygen atoms in total. The van der Waals surface area contributed by atoms with Gasteiger partial charge in [-0.1, -0.05) is 6.07 Å². The molecular formula is C27H28F3N7O3. The van der Waals surface area contributed by atoms with E-state index in [1.165, 1.54) is 21.9 Å². The summed E-state index contributed by atoms with van der Waals surface area (Å²) in [6.45, 7) is 3.36. The molecule has 0 aliphatic carbocycles. The van der Waals surface area contributed by atoms with Gasteiger partial charge in [0.1, 0.15) is 5.82 Å². The number of hydrogen-bond donors (Lipinski definition) is 2. The van der Waals surface area contributed by atoms with E-state index in [4.69, 9.17) is 4.74 Å². The van der Waals surface area contributed by atoms with E-state index in [0.29, 0.717) is 49.4 Å². The standard InChI is InChI=1S/C27H28F3N7O3/c1-16-4-6-19(13-22(16)37-15-18-14-32-25(31-2)34-23(18)35(3)26(37)39)33-24(38)17-5-7-21(20(12-17)27(28,29)30)36-8-10-40-11-9-36/h4-7,12-14H,8-11,15H2,1-3H3,(H,33,38)(H,31,32,34). The molecule has 3 aromatic rings. The maximum absolute atomic E-state index is 13.9. The van der Waals surface area contributed by atoms with Gasteiger partial charge in [-0.05, 0) is 42.8 Å². The van der Waals surface area contributed by atoms with Crippen molar-refractivity contribution < 1.29 is 27.5 Å². The van der Waals surface area contributed by atoms with E-state index in [9.17, 15) is 22.8 Å². The molecule has 0 saturated carbocycles. The van der Waals surface area contributed by atoms with E-state index in [0.717, 1.165) is 17.2 Å². The Balaban J connectivity index is 1.40. The molecule has 2 N–H and O–H groups in total. The van der Waals surface area contributed by atoms with Gasteiger partial charge in [-0.3, -0.25) is 14.6 Å². The van der Waals surface area contributed by atoms with Crippen LogP contribution in [0.15, 0.2) is 42.6 Å². The zero-order valence-electron chi connectivity index (χ0n) is 22.2. The normalized spacial score (nSPS) is 15.7. The number of benzene rings is 2. The molecule has 0 atom stereocenters. The molecule has 5 rings (SSSR count). The third-order valence-corrected chi connectivity index (χ3v) is 6.90. The fraction of sp³-hybridized carbons (Fsp3) is 0.333. The van der Waals surface area contributed by atoms with Crippen molar-refractivity contribution in [2.75, 3.05) is 65.7 Å². The SMILES string of the molecule is CNc1ncc2c(n1)N(C)C(=O)N(c1cc(NC(=O)c3ccc(N4CCOCC4)c(C(F)(F)F)c3)ccc1C)C2. The number of alkyl halides is 3. The van der Waals surface area contributed by atoms with E-state index in [1.54, 1.807) is 43.4 Å². The average molecular weight is 556 g/mol. The largest absolute Gasteiger partial charge is 0.418 e. The van der Waals surface area contributed by atoms with Crippen molar-refractivity contribution in [1.82, 2.24) is 9.97 Å². The van der Waals surface area contributed by atoms with E-state index in [-0.39, 0.29) is 23.8 Å². The number of amides is 3. The molecule has 1 saturated heterocycles. The van der Waals surface area contributed by atoms with Gasteiger partial charge in [-0.15, -0.1) is 0 Å². The van der Waals surface area contributed by atoms with Crippen molar-refractivity contribution in [2.45, 2.75) is 19.6 Å². The van der Waals surface area contributed by atoms with Crippen LogP contribution in [0.3, 0.4) is 0 Å². The summed E-state index contributed by atoms with van der Waals surface area (Å²) in [5.74, 6) is 0.178. The highest BCUT2D eigenvalue weighted by atomic mass is 19.4. The second-order valence-corrected chi connectivity index (χ2v) is 9.50. The van der Waals surface area contributed by atoms with E-state index < -0.39 is 17.6 Å². The number of carbonyl (C=O) groups is 2. The first-order chi connectivity index (χ1) is 19.1. The van der Waals surface area contributed by atoms with Crippen molar-refractivity contribution in [1.29, 1.82) is 0 Å². The summed E-state index contributed by atoms with van der Waals surface area (Å²) in [7, 11) is 3.30. The van der Waals surface area contributed by atoms with Crippen LogP contribution in [0.1, 0.15) is 27.0 Å². The number of urea groups is 1. The van der Waals surface area contributed by atoms with Gasteiger partial charge >= 0.3 is 12.2 Å². The van der Waals surface area contributed by atoms with Gasteiger partial charge in [0.2, 0.25) is 5.95 Å². The molecule has 3 amide bonds. The van der Waals surface area contributed by atoms with Gasteiger partial charge in [0.05, 0.1) is 31.0 Å². The summed E-state index contributed by atoms with van der Waals surface area (Å²) < 4.78 is 47.1. The number of nitrogens with one attached hydrogen (secondary N) is 2. The molecule has 0 unspecified atom stereocenters. The third kappa shape index (κ3) is 5.24. The highest BCUT2D eigenvalue weighted by Crippen LogP contribution is 2.38. The number of hydrogen-bond acceptors (Lipinski definition) is 7. The summed E-state index contributed by atoms with van der Waals surface area (Å²) in [6.07, 6.45) is -3.00. The fourth-order valence-corrected chi connectivity index (χ4v) is 4.78. The summed E-state index contributed by atoms with van der Waals surface area (Å²) in [6, 6.07) is 8.24. The first-order valence-electron chi connectivity index (χ1n) is 12.6. The Morgan fingerprint density at radius 1 is 1.07 bits per heavy atom. The van der Waals surface area contributed by atoms with Crippen molar-refractivity contribution in [3.63, 3.8) is 0 Å². The lowest BCUT2D eigenvalue weighted by molar-refractivity contribution is -0.137. The van der Waals surface area contributed by atoms with E-state index in [1.807, 2.05) is 6.92 Å². The van der Waals surface area contributed by atoms with Crippen LogP contribution in [-0.2, 0) is 17.5 Å². The van der Waals surface area contributed by atoms with Gasteiger partial charge in [0.15, 0.2) is 0 Å². The minimum Gasteiger partial charge on any atom is -0.378 e. The zero-order chi connectivity index (χ0) is 28.6. The maximum Gasteiger partial charge on any atom is 0.418 e. The maximum atomic E-state index is 13.9. The Morgan fingerprint density at radius 2 is 1.82 bits per heavy atom. The van der Waals surface area contributed by atoms with Gasteiger partial charge in [0.25, 0.3) is 5.91 Å². The minimum atomic E-state index is -4.64.